The lowest BCUT2D eigenvalue weighted by Crippen LogP contribution is -2.09. The van der Waals surface area contributed by atoms with E-state index >= 15 is 0 Å². The van der Waals surface area contributed by atoms with E-state index < -0.39 is 6.29 Å². The Morgan fingerprint density at radius 2 is 2.57 bits per heavy atom. The van der Waals surface area contributed by atoms with Gasteiger partial charge in [0.1, 0.15) is 0 Å². The van der Waals surface area contributed by atoms with E-state index in [2.05, 4.69) is 4.74 Å². The molecule has 0 aromatic heterocycles. The molecule has 0 aromatic carbocycles. The van der Waals surface area contributed by atoms with Gasteiger partial charge in [0.15, 0.2) is 14.8 Å². The third kappa shape index (κ3) is 3.86. The lowest BCUT2D eigenvalue weighted by Gasteiger charge is -1.99. The molecule has 0 aromatic rings. The van der Waals surface area contributed by atoms with Crippen molar-refractivity contribution in [2.75, 3.05) is 13.3 Å². The largest absolute Gasteiger partial charge is 0.367 e. The third-order valence-corrected chi connectivity index (χ3v) is 0.964. The summed E-state index contributed by atoms with van der Waals surface area (Å²) in [6.07, 6.45) is -0.726. The predicted molar refractivity (Wildman–Crippen MR) is 25.5 cm³/mol. The van der Waals surface area contributed by atoms with Crippen LogP contribution in [0.4, 0.5) is 0 Å². The van der Waals surface area contributed by atoms with Crippen molar-refractivity contribution in [2.24, 2.45) is 0 Å². The average molecular weight is 122 g/mol. The van der Waals surface area contributed by atoms with Crippen molar-refractivity contribution >= 4 is 8.46 Å². The van der Waals surface area contributed by atoms with E-state index in [0.717, 1.165) is 0 Å². The first-order valence-corrected chi connectivity index (χ1v) is 2.81. The van der Waals surface area contributed by atoms with Gasteiger partial charge in [-0.25, -0.2) is 0 Å². The van der Waals surface area contributed by atoms with Gasteiger partial charge in [-0.1, -0.05) is 0 Å². The van der Waals surface area contributed by atoms with E-state index in [9.17, 15) is 4.57 Å². The van der Waals surface area contributed by atoms with Crippen molar-refractivity contribution in [3.05, 3.63) is 0 Å². The van der Waals surface area contributed by atoms with E-state index in [4.69, 9.17) is 5.11 Å². The van der Waals surface area contributed by atoms with Crippen LogP contribution in [0.2, 0.25) is 0 Å². The Kier molecular flexibility index (Phi) is 4.20. The van der Waals surface area contributed by atoms with Gasteiger partial charge in [0.25, 0.3) is 0 Å². The Morgan fingerprint density at radius 3 is 2.71 bits per heavy atom. The van der Waals surface area contributed by atoms with Crippen molar-refractivity contribution in [3.63, 3.8) is 0 Å². The first-order chi connectivity index (χ1) is 3.31. The molecule has 1 unspecified atom stereocenters. The second kappa shape index (κ2) is 4.19. The summed E-state index contributed by atoms with van der Waals surface area (Å²) in [5.74, 6) is 0. The van der Waals surface area contributed by atoms with Crippen molar-refractivity contribution in [2.45, 2.75) is 6.29 Å². The van der Waals surface area contributed by atoms with Crippen LogP contribution < -0.4 is 0 Å². The van der Waals surface area contributed by atoms with Crippen molar-refractivity contribution in [1.82, 2.24) is 0 Å². The molecule has 0 fully saturated rings. The molecular weight excluding hydrogens is 115 g/mol. The van der Waals surface area contributed by atoms with Gasteiger partial charge in [-0.3, -0.25) is 4.57 Å². The SMILES string of the molecule is COC(O)CP=O. The molecule has 0 aliphatic rings. The van der Waals surface area contributed by atoms with Gasteiger partial charge in [0.2, 0.25) is 0 Å². The van der Waals surface area contributed by atoms with Crippen LogP contribution in [0.1, 0.15) is 0 Å². The predicted octanol–water partition coefficient (Wildman–Crippen LogP) is 0.243. The highest BCUT2D eigenvalue weighted by atomic mass is 31.1. The minimum Gasteiger partial charge on any atom is -0.367 e. The lowest BCUT2D eigenvalue weighted by atomic mass is 10.8. The van der Waals surface area contributed by atoms with Crippen LogP contribution in [-0.2, 0) is 9.30 Å². The second-order valence-electron chi connectivity index (χ2n) is 1.00. The maximum atomic E-state index is 9.63. The Morgan fingerprint density at radius 1 is 2.00 bits per heavy atom. The van der Waals surface area contributed by atoms with Gasteiger partial charge >= 0.3 is 0 Å². The van der Waals surface area contributed by atoms with Gasteiger partial charge in [0, 0.05) is 7.11 Å². The summed E-state index contributed by atoms with van der Waals surface area (Å²) in [6, 6.07) is 0. The van der Waals surface area contributed by atoms with E-state index in [1.165, 1.54) is 7.11 Å². The first-order valence-electron chi connectivity index (χ1n) is 1.81. The van der Waals surface area contributed by atoms with Crippen LogP contribution in [0, 0.1) is 0 Å². The summed E-state index contributed by atoms with van der Waals surface area (Å²) < 4.78 is 14.0. The number of rotatable bonds is 3. The maximum absolute atomic E-state index is 9.63. The molecule has 1 atom stereocenters. The van der Waals surface area contributed by atoms with E-state index in [1.807, 2.05) is 0 Å². The highest BCUT2D eigenvalue weighted by Gasteiger charge is 1.96. The number of methoxy groups -OCH3 is 1. The van der Waals surface area contributed by atoms with Crippen LogP contribution in [0.25, 0.3) is 0 Å². The molecule has 1 N–H and O–H groups in total. The minimum absolute atomic E-state index is 0.0854. The molecule has 4 heteroatoms. The fourth-order valence-electron chi connectivity index (χ4n) is 0.138. The van der Waals surface area contributed by atoms with E-state index in [-0.39, 0.29) is 14.6 Å². The smallest absolute Gasteiger partial charge is 0.164 e. The molecule has 3 nitrogen and oxygen atoms in total. The van der Waals surface area contributed by atoms with Crippen LogP contribution in [0.5, 0.6) is 0 Å². The molecule has 0 heterocycles. The fraction of sp³-hybridized carbons (Fsp3) is 1.00. The molecule has 0 amide bonds. The van der Waals surface area contributed by atoms with Crippen LogP contribution in [0.15, 0.2) is 0 Å². The van der Waals surface area contributed by atoms with Crippen molar-refractivity contribution in [3.8, 4) is 0 Å². The summed E-state index contributed by atoms with van der Waals surface area (Å²) in [5.41, 5.74) is 0. The molecule has 0 rings (SSSR count). The van der Waals surface area contributed by atoms with Crippen LogP contribution >= 0.6 is 8.46 Å². The Hall–Kier alpha value is 0.0200. The highest BCUT2D eigenvalue weighted by molar-refractivity contribution is 7.23. The van der Waals surface area contributed by atoms with Gasteiger partial charge < -0.3 is 9.84 Å². The zero-order chi connectivity index (χ0) is 5.70. The van der Waals surface area contributed by atoms with E-state index in [1.54, 1.807) is 0 Å². The molecule has 0 radical (unpaired) electrons. The molecular formula is C3H7O3P. The Bertz CT molecular complexity index is 56.1. The molecule has 7 heavy (non-hydrogen) atoms. The molecule has 0 saturated heterocycles. The second-order valence-corrected chi connectivity index (χ2v) is 1.63. The molecule has 0 aliphatic heterocycles. The fourth-order valence-corrected chi connectivity index (χ4v) is 0.415. The zero-order valence-corrected chi connectivity index (χ0v) is 4.89. The van der Waals surface area contributed by atoms with Crippen LogP contribution in [0.3, 0.4) is 0 Å². The van der Waals surface area contributed by atoms with Gasteiger partial charge in [-0.15, -0.1) is 0 Å². The van der Waals surface area contributed by atoms with Gasteiger partial charge in [-0.2, -0.15) is 0 Å². The van der Waals surface area contributed by atoms with Crippen molar-refractivity contribution < 1.29 is 14.4 Å². The Balaban J connectivity index is 2.98. The average Bonchev–Trinajstić information content (AvgIpc) is 1.68. The summed E-state index contributed by atoms with van der Waals surface area (Å²) in [7, 11) is 1.27. The number of hydrogen-bond donors (Lipinski definition) is 1. The Labute approximate surface area is 43.5 Å². The number of aliphatic hydroxyl groups excluding tert-OH is 1. The topological polar surface area (TPSA) is 46.5 Å². The zero-order valence-electron chi connectivity index (χ0n) is 4.00. The highest BCUT2D eigenvalue weighted by Crippen LogP contribution is 1.94. The summed E-state index contributed by atoms with van der Waals surface area (Å²) >= 11 is 0. The summed E-state index contributed by atoms with van der Waals surface area (Å²) in [5, 5.41) is 8.43. The minimum atomic E-state index is -0.876. The quantitative estimate of drug-likeness (QED) is 0.431. The summed E-state index contributed by atoms with van der Waals surface area (Å²) in [6.45, 7) is 0. The monoisotopic (exact) mass is 122 g/mol. The number of ether oxygens (including phenoxy) is 1. The van der Waals surface area contributed by atoms with Crippen molar-refractivity contribution in [1.29, 1.82) is 0 Å². The standard InChI is InChI=1S/C3H7O3P/c1-6-3(4)2-7-5/h3-4H,2H2,1H3. The first kappa shape index (κ1) is 7.02. The molecule has 0 saturated carbocycles. The maximum Gasteiger partial charge on any atom is 0.164 e. The van der Waals surface area contributed by atoms with Gasteiger partial charge in [-0.05, 0) is 0 Å². The molecule has 42 valence electrons. The number of aliphatic hydroxyl groups is 1. The molecule has 0 bridgehead atoms. The third-order valence-electron chi connectivity index (χ3n) is 0.503. The molecule has 0 spiro atoms. The van der Waals surface area contributed by atoms with Crippen LogP contribution in [-0.4, -0.2) is 24.7 Å². The molecule has 0 aliphatic carbocycles. The van der Waals surface area contributed by atoms with Gasteiger partial charge in [0.05, 0.1) is 6.16 Å². The summed E-state index contributed by atoms with van der Waals surface area (Å²) in [4.78, 5) is 0. The van der Waals surface area contributed by atoms with E-state index in [0.29, 0.717) is 0 Å². The lowest BCUT2D eigenvalue weighted by molar-refractivity contribution is -0.0552. The normalized spacial score (nSPS) is 14.6. The number of hydrogen-bond acceptors (Lipinski definition) is 3.